The molecule has 0 fully saturated rings. The van der Waals surface area contributed by atoms with Crippen molar-refractivity contribution in [3.63, 3.8) is 0 Å². The molecule has 0 saturated carbocycles. The number of alkyl halides is 6. The van der Waals surface area contributed by atoms with E-state index in [0.29, 0.717) is 29.2 Å². The van der Waals surface area contributed by atoms with Crippen LogP contribution in [0.1, 0.15) is 27.2 Å². The number of hydrogen-bond donors (Lipinski definition) is 0. The summed E-state index contributed by atoms with van der Waals surface area (Å²) in [6, 6.07) is 6.83. The molecule has 4 rings (SSSR count). The second-order valence-corrected chi connectivity index (χ2v) is 6.62. The summed E-state index contributed by atoms with van der Waals surface area (Å²) in [5.41, 5.74) is -3.48. The normalized spacial score (nSPS) is 13.3. The minimum absolute atomic E-state index is 0.0714. The number of halogens is 6. The Labute approximate surface area is 175 Å². The van der Waals surface area contributed by atoms with Gasteiger partial charge in [-0.25, -0.2) is 4.79 Å². The molecule has 0 spiro atoms. The summed E-state index contributed by atoms with van der Waals surface area (Å²) in [4.78, 5) is 12.1. The highest BCUT2D eigenvalue weighted by Gasteiger charge is 2.37. The Kier molecular flexibility index (Phi) is 5.23. The van der Waals surface area contributed by atoms with Crippen LogP contribution in [0.4, 0.5) is 26.3 Å². The summed E-state index contributed by atoms with van der Waals surface area (Å²) in [6.45, 7) is -0.466. The molecular formula is C20H11F6NO5. The first-order valence-corrected chi connectivity index (χ1v) is 8.83. The molecule has 0 aliphatic carbocycles. The van der Waals surface area contributed by atoms with Crippen LogP contribution in [-0.4, -0.2) is 17.9 Å². The zero-order valence-corrected chi connectivity index (χ0v) is 15.7. The van der Waals surface area contributed by atoms with Crippen LogP contribution >= 0.6 is 0 Å². The number of carbonyl (C=O) groups is 1. The van der Waals surface area contributed by atoms with Gasteiger partial charge in [0, 0.05) is 11.6 Å². The maximum absolute atomic E-state index is 12.9. The van der Waals surface area contributed by atoms with Crippen LogP contribution in [0.5, 0.6) is 11.5 Å². The molecule has 0 atom stereocenters. The lowest BCUT2D eigenvalue weighted by atomic mass is 10.0. The fourth-order valence-electron chi connectivity index (χ4n) is 2.86. The molecule has 32 heavy (non-hydrogen) atoms. The second kappa shape index (κ2) is 7.77. The zero-order valence-electron chi connectivity index (χ0n) is 15.7. The van der Waals surface area contributed by atoms with Crippen molar-refractivity contribution in [3.05, 3.63) is 64.8 Å². The standard InChI is InChI=1S/C20H11F6NO5/c21-19(22,23)12-3-11(4-13(6-12)20(24,25)26)18(28)29-8-14-7-16(32-27-14)10-1-2-15-17(5-10)31-9-30-15/h1-7H,8-9H2. The van der Waals surface area contributed by atoms with Crippen molar-refractivity contribution in [2.24, 2.45) is 0 Å². The predicted octanol–water partition coefficient (Wildman–Crippen LogP) is 5.46. The highest BCUT2D eigenvalue weighted by atomic mass is 19.4. The van der Waals surface area contributed by atoms with Crippen molar-refractivity contribution in [1.82, 2.24) is 5.16 Å². The van der Waals surface area contributed by atoms with Gasteiger partial charge in [0.15, 0.2) is 17.3 Å². The maximum Gasteiger partial charge on any atom is 0.416 e. The number of hydrogen-bond acceptors (Lipinski definition) is 6. The van der Waals surface area contributed by atoms with Gasteiger partial charge in [0.2, 0.25) is 6.79 Å². The van der Waals surface area contributed by atoms with Gasteiger partial charge in [-0.15, -0.1) is 0 Å². The van der Waals surface area contributed by atoms with E-state index in [0.717, 1.165) is 0 Å². The summed E-state index contributed by atoms with van der Waals surface area (Å²) >= 11 is 0. The molecule has 6 nitrogen and oxygen atoms in total. The fourth-order valence-corrected chi connectivity index (χ4v) is 2.86. The first kappa shape index (κ1) is 21.5. The Hall–Kier alpha value is -3.70. The summed E-state index contributed by atoms with van der Waals surface area (Å²) in [6.07, 6.45) is -10.2. The lowest BCUT2D eigenvalue weighted by molar-refractivity contribution is -0.143. The van der Waals surface area contributed by atoms with Gasteiger partial charge in [0.25, 0.3) is 0 Å². The molecule has 1 aliphatic rings. The van der Waals surface area contributed by atoms with Gasteiger partial charge in [0.05, 0.1) is 16.7 Å². The summed E-state index contributed by atoms with van der Waals surface area (Å²) < 4.78 is 98.0. The van der Waals surface area contributed by atoms with E-state index in [1.54, 1.807) is 18.2 Å². The molecule has 0 bridgehead atoms. The van der Waals surface area contributed by atoms with E-state index in [1.165, 1.54) is 6.07 Å². The molecule has 168 valence electrons. The van der Waals surface area contributed by atoms with Crippen LogP contribution in [0, 0.1) is 0 Å². The largest absolute Gasteiger partial charge is 0.455 e. The number of carbonyl (C=O) groups excluding carboxylic acids is 1. The number of benzene rings is 2. The number of nitrogens with zero attached hydrogens (tertiary/aromatic N) is 1. The Morgan fingerprint density at radius 1 is 0.906 bits per heavy atom. The third-order valence-corrected chi connectivity index (χ3v) is 4.39. The van der Waals surface area contributed by atoms with Crippen LogP contribution in [0.15, 0.2) is 47.0 Å². The maximum atomic E-state index is 12.9. The molecule has 0 unspecified atom stereocenters. The molecule has 3 aromatic rings. The number of rotatable bonds is 4. The van der Waals surface area contributed by atoms with Crippen LogP contribution in [0.2, 0.25) is 0 Å². The fraction of sp³-hybridized carbons (Fsp3) is 0.200. The summed E-state index contributed by atoms with van der Waals surface area (Å²) in [7, 11) is 0. The minimum Gasteiger partial charge on any atom is -0.455 e. The topological polar surface area (TPSA) is 70.8 Å². The molecular weight excluding hydrogens is 448 g/mol. The number of ether oxygens (including phenoxy) is 3. The molecule has 1 aromatic heterocycles. The van der Waals surface area contributed by atoms with Gasteiger partial charge in [-0.3, -0.25) is 0 Å². The minimum atomic E-state index is -5.08. The molecule has 1 aliphatic heterocycles. The molecule has 0 amide bonds. The van der Waals surface area contributed by atoms with Gasteiger partial charge < -0.3 is 18.7 Å². The van der Waals surface area contributed by atoms with Gasteiger partial charge in [-0.2, -0.15) is 26.3 Å². The van der Waals surface area contributed by atoms with E-state index in [-0.39, 0.29) is 24.3 Å². The molecule has 2 heterocycles. The van der Waals surface area contributed by atoms with Crippen LogP contribution in [0.3, 0.4) is 0 Å². The molecule has 0 saturated heterocycles. The van der Waals surface area contributed by atoms with Crippen molar-refractivity contribution in [2.75, 3.05) is 6.79 Å². The average Bonchev–Trinajstić information content (AvgIpc) is 3.39. The van der Waals surface area contributed by atoms with E-state index in [1.807, 2.05) is 0 Å². The molecule has 0 radical (unpaired) electrons. The monoisotopic (exact) mass is 459 g/mol. The van der Waals surface area contributed by atoms with E-state index in [4.69, 9.17) is 18.7 Å². The Balaban J connectivity index is 1.50. The number of aromatic nitrogens is 1. The first-order valence-electron chi connectivity index (χ1n) is 8.83. The predicted molar refractivity (Wildman–Crippen MR) is 93.6 cm³/mol. The summed E-state index contributed by atoms with van der Waals surface area (Å²) in [5, 5.41) is 3.68. The highest BCUT2D eigenvalue weighted by molar-refractivity contribution is 5.90. The number of fused-ring (bicyclic) bond motifs is 1. The first-order chi connectivity index (χ1) is 15.0. The Morgan fingerprint density at radius 3 is 2.22 bits per heavy atom. The molecule has 12 heteroatoms. The third kappa shape index (κ3) is 4.48. The smallest absolute Gasteiger partial charge is 0.416 e. The van der Waals surface area contributed by atoms with E-state index in [2.05, 4.69) is 5.16 Å². The average molecular weight is 459 g/mol. The lowest BCUT2D eigenvalue weighted by Crippen LogP contribution is -2.14. The Bertz CT molecular complexity index is 1140. The molecule has 0 N–H and O–H groups in total. The van der Waals surface area contributed by atoms with Crippen molar-refractivity contribution in [1.29, 1.82) is 0 Å². The van der Waals surface area contributed by atoms with Crippen LogP contribution in [-0.2, 0) is 23.7 Å². The van der Waals surface area contributed by atoms with Gasteiger partial charge in [0.1, 0.15) is 12.3 Å². The lowest BCUT2D eigenvalue weighted by Gasteiger charge is -2.13. The van der Waals surface area contributed by atoms with Gasteiger partial charge >= 0.3 is 18.3 Å². The van der Waals surface area contributed by atoms with Crippen molar-refractivity contribution < 1.29 is 49.9 Å². The van der Waals surface area contributed by atoms with Gasteiger partial charge in [-0.05, 0) is 36.4 Å². The second-order valence-electron chi connectivity index (χ2n) is 6.62. The van der Waals surface area contributed by atoms with Crippen LogP contribution < -0.4 is 9.47 Å². The van der Waals surface area contributed by atoms with E-state index < -0.39 is 41.6 Å². The van der Waals surface area contributed by atoms with E-state index in [9.17, 15) is 31.1 Å². The Morgan fingerprint density at radius 2 is 1.56 bits per heavy atom. The van der Waals surface area contributed by atoms with Crippen molar-refractivity contribution in [2.45, 2.75) is 19.0 Å². The number of esters is 1. The highest BCUT2D eigenvalue weighted by Crippen LogP contribution is 2.37. The van der Waals surface area contributed by atoms with Crippen molar-refractivity contribution in [3.8, 4) is 22.8 Å². The SMILES string of the molecule is O=C(OCc1cc(-c2ccc3c(c2)OCO3)on1)c1cc(C(F)(F)F)cc(C(F)(F)F)c1. The van der Waals surface area contributed by atoms with Crippen molar-refractivity contribution >= 4 is 5.97 Å². The zero-order chi connectivity index (χ0) is 23.1. The van der Waals surface area contributed by atoms with Crippen LogP contribution in [0.25, 0.3) is 11.3 Å². The summed E-state index contributed by atoms with van der Waals surface area (Å²) in [5.74, 6) is -0.0827. The third-order valence-electron chi connectivity index (χ3n) is 4.39. The van der Waals surface area contributed by atoms with E-state index >= 15 is 0 Å². The molecule has 2 aromatic carbocycles. The quantitative estimate of drug-likeness (QED) is 0.381. The van der Waals surface area contributed by atoms with Gasteiger partial charge in [-0.1, -0.05) is 5.16 Å².